The second-order valence-corrected chi connectivity index (χ2v) is 5.23. The van der Waals surface area contributed by atoms with Crippen LogP contribution in [0.1, 0.15) is 31.9 Å². The molecule has 4 nitrogen and oxygen atoms in total. The molecule has 3 aromatic rings. The number of nitrogens with one attached hydrogen (secondary N) is 1. The number of aromatic nitrogens is 3. The van der Waals surface area contributed by atoms with Crippen LogP contribution < -0.4 is 5.32 Å². The zero-order chi connectivity index (χ0) is 14.7. The van der Waals surface area contributed by atoms with E-state index in [-0.39, 0.29) is 0 Å². The molecule has 1 atom stereocenters. The minimum absolute atomic E-state index is 0.325. The van der Waals surface area contributed by atoms with Crippen LogP contribution in [-0.4, -0.2) is 21.1 Å². The molecule has 2 heterocycles. The van der Waals surface area contributed by atoms with Crippen LogP contribution in [0.2, 0.25) is 0 Å². The first-order chi connectivity index (χ1) is 10.3. The molecule has 1 unspecified atom stereocenters. The molecule has 3 rings (SSSR count). The fourth-order valence-corrected chi connectivity index (χ4v) is 2.42. The summed E-state index contributed by atoms with van der Waals surface area (Å²) < 4.78 is 2.02. The summed E-state index contributed by atoms with van der Waals surface area (Å²) in [6.45, 7) is 5.36. The van der Waals surface area contributed by atoms with Gasteiger partial charge in [-0.15, -0.1) is 0 Å². The fraction of sp³-hybridized carbons (Fsp3) is 0.294. The van der Waals surface area contributed by atoms with Crippen molar-refractivity contribution in [2.45, 2.75) is 26.3 Å². The molecule has 0 saturated carbocycles. The van der Waals surface area contributed by atoms with E-state index >= 15 is 0 Å². The summed E-state index contributed by atoms with van der Waals surface area (Å²) in [7, 11) is 0. The summed E-state index contributed by atoms with van der Waals surface area (Å²) in [4.78, 5) is 8.99. The molecule has 1 N–H and O–H groups in total. The molecule has 0 amide bonds. The van der Waals surface area contributed by atoms with Crippen molar-refractivity contribution in [2.75, 3.05) is 6.54 Å². The second-order valence-electron chi connectivity index (χ2n) is 5.23. The first-order valence-corrected chi connectivity index (χ1v) is 7.41. The molecule has 0 spiro atoms. The first kappa shape index (κ1) is 13.8. The van der Waals surface area contributed by atoms with Crippen LogP contribution in [0, 0.1) is 0 Å². The second kappa shape index (κ2) is 6.06. The monoisotopic (exact) mass is 280 g/mol. The fourth-order valence-electron chi connectivity index (χ4n) is 2.42. The average molecular weight is 280 g/mol. The van der Waals surface area contributed by atoms with Gasteiger partial charge in [0.05, 0.1) is 11.0 Å². The molecule has 0 aliphatic carbocycles. The summed E-state index contributed by atoms with van der Waals surface area (Å²) in [6, 6.07) is 12.6. The maximum Gasteiger partial charge on any atom is 0.138 e. The molecule has 21 heavy (non-hydrogen) atoms. The van der Waals surface area contributed by atoms with Gasteiger partial charge < -0.3 is 5.32 Å². The Morgan fingerprint density at radius 1 is 1.14 bits per heavy atom. The molecular weight excluding hydrogens is 260 g/mol. The predicted molar refractivity (Wildman–Crippen MR) is 85.6 cm³/mol. The van der Waals surface area contributed by atoms with Gasteiger partial charge in [-0.05, 0) is 43.7 Å². The Bertz CT molecular complexity index is 715. The Balaban J connectivity index is 1.87. The van der Waals surface area contributed by atoms with Crippen molar-refractivity contribution in [2.24, 2.45) is 0 Å². The Morgan fingerprint density at radius 2 is 2.00 bits per heavy atom. The van der Waals surface area contributed by atoms with Gasteiger partial charge in [0.25, 0.3) is 0 Å². The van der Waals surface area contributed by atoms with Gasteiger partial charge in [0.1, 0.15) is 12.1 Å². The van der Waals surface area contributed by atoms with Crippen molar-refractivity contribution in [1.82, 2.24) is 19.9 Å². The van der Waals surface area contributed by atoms with Crippen LogP contribution in [0.5, 0.6) is 0 Å². The molecule has 0 aliphatic rings. The lowest BCUT2D eigenvalue weighted by molar-refractivity contribution is 0.569. The van der Waals surface area contributed by atoms with Gasteiger partial charge in [0.2, 0.25) is 0 Å². The number of pyridine rings is 1. The molecule has 1 aromatic carbocycles. The highest BCUT2D eigenvalue weighted by molar-refractivity contribution is 5.76. The van der Waals surface area contributed by atoms with Gasteiger partial charge in [0, 0.05) is 12.2 Å². The molecule has 4 heteroatoms. The van der Waals surface area contributed by atoms with Crippen LogP contribution in [0.25, 0.3) is 16.9 Å². The number of hydrogen-bond acceptors (Lipinski definition) is 3. The van der Waals surface area contributed by atoms with E-state index in [1.165, 1.54) is 5.56 Å². The average Bonchev–Trinajstić information content (AvgIpc) is 2.97. The Kier molecular flexibility index (Phi) is 3.97. The maximum atomic E-state index is 4.58. The summed E-state index contributed by atoms with van der Waals surface area (Å²) >= 11 is 0. The lowest BCUT2D eigenvalue weighted by Gasteiger charge is -2.13. The van der Waals surface area contributed by atoms with E-state index in [4.69, 9.17) is 0 Å². The maximum absolute atomic E-state index is 4.58. The minimum Gasteiger partial charge on any atom is -0.310 e. The normalized spacial score (nSPS) is 12.7. The quantitative estimate of drug-likeness (QED) is 0.778. The van der Waals surface area contributed by atoms with Crippen molar-refractivity contribution in [3.63, 3.8) is 0 Å². The molecule has 0 saturated heterocycles. The SMILES string of the molecule is CCCNC(C)c1ccc(-n2cnc3ccccc32)nc1. The van der Waals surface area contributed by atoms with Crippen LogP contribution in [0.3, 0.4) is 0 Å². The number of imidazole rings is 1. The minimum atomic E-state index is 0.325. The smallest absolute Gasteiger partial charge is 0.138 e. The molecule has 0 bridgehead atoms. The number of rotatable bonds is 5. The third-order valence-electron chi connectivity index (χ3n) is 3.67. The molecular formula is C17H20N4. The number of para-hydroxylation sites is 2. The third-order valence-corrected chi connectivity index (χ3v) is 3.67. The van der Waals surface area contributed by atoms with Crippen molar-refractivity contribution in [3.05, 3.63) is 54.5 Å². The molecule has 108 valence electrons. The number of benzene rings is 1. The number of fused-ring (bicyclic) bond motifs is 1. The molecule has 0 aliphatic heterocycles. The Hall–Kier alpha value is -2.20. The molecule has 2 aromatic heterocycles. The topological polar surface area (TPSA) is 42.7 Å². The Morgan fingerprint density at radius 3 is 2.76 bits per heavy atom. The lowest BCUT2D eigenvalue weighted by atomic mass is 10.1. The standard InChI is InChI=1S/C17H20N4/c1-3-10-18-13(2)14-8-9-17(19-11-14)21-12-20-15-6-4-5-7-16(15)21/h4-9,11-13,18H,3,10H2,1-2H3. The van der Waals surface area contributed by atoms with Gasteiger partial charge in [-0.25, -0.2) is 9.97 Å². The molecule has 0 fully saturated rings. The summed E-state index contributed by atoms with van der Waals surface area (Å²) in [5.74, 6) is 0.898. The van der Waals surface area contributed by atoms with Crippen LogP contribution in [0.15, 0.2) is 48.9 Å². The van der Waals surface area contributed by atoms with E-state index in [1.807, 2.05) is 41.4 Å². The lowest BCUT2D eigenvalue weighted by Crippen LogP contribution is -2.19. The Labute approximate surface area is 124 Å². The van der Waals surface area contributed by atoms with Crippen molar-refractivity contribution < 1.29 is 0 Å². The van der Waals surface area contributed by atoms with Crippen LogP contribution >= 0.6 is 0 Å². The van der Waals surface area contributed by atoms with Crippen LogP contribution in [-0.2, 0) is 0 Å². The van der Waals surface area contributed by atoms with Gasteiger partial charge in [-0.2, -0.15) is 0 Å². The van der Waals surface area contributed by atoms with E-state index in [2.05, 4.69) is 41.3 Å². The zero-order valence-electron chi connectivity index (χ0n) is 12.5. The zero-order valence-corrected chi connectivity index (χ0v) is 12.5. The van der Waals surface area contributed by atoms with Crippen LogP contribution in [0.4, 0.5) is 0 Å². The van der Waals surface area contributed by atoms with Gasteiger partial charge in [0.15, 0.2) is 0 Å². The van der Waals surface area contributed by atoms with Gasteiger partial charge in [-0.1, -0.05) is 25.1 Å². The summed E-state index contributed by atoms with van der Waals surface area (Å²) in [6.07, 6.45) is 4.90. The van der Waals surface area contributed by atoms with E-state index in [0.717, 1.165) is 29.8 Å². The van der Waals surface area contributed by atoms with E-state index in [1.54, 1.807) is 0 Å². The predicted octanol–water partition coefficient (Wildman–Crippen LogP) is 3.48. The first-order valence-electron chi connectivity index (χ1n) is 7.41. The van der Waals surface area contributed by atoms with Gasteiger partial charge >= 0.3 is 0 Å². The van der Waals surface area contributed by atoms with Crippen molar-refractivity contribution >= 4 is 11.0 Å². The highest BCUT2D eigenvalue weighted by atomic mass is 15.1. The molecule has 0 radical (unpaired) electrons. The van der Waals surface area contributed by atoms with Crippen molar-refractivity contribution in [1.29, 1.82) is 0 Å². The van der Waals surface area contributed by atoms with E-state index < -0.39 is 0 Å². The number of hydrogen-bond donors (Lipinski definition) is 1. The van der Waals surface area contributed by atoms with Gasteiger partial charge in [-0.3, -0.25) is 4.57 Å². The summed E-state index contributed by atoms with van der Waals surface area (Å²) in [5, 5.41) is 3.47. The summed E-state index contributed by atoms with van der Waals surface area (Å²) in [5.41, 5.74) is 3.27. The highest BCUT2D eigenvalue weighted by Gasteiger charge is 2.07. The van der Waals surface area contributed by atoms with Crippen molar-refractivity contribution in [3.8, 4) is 5.82 Å². The number of nitrogens with zero attached hydrogens (tertiary/aromatic N) is 3. The highest BCUT2D eigenvalue weighted by Crippen LogP contribution is 2.18. The van der Waals surface area contributed by atoms with E-state index in [0.29, 0.717) is 6.04 Å². The third kappa shape index (κ3) is 2.81. The largest absolute Gasteiger partial charge is 0.310 e. The van der Waals surface area contributed by atoms with E-state index in [9.17, 15) is 0 Å².